The van der Waals surface area contributed by atoms with E-state index in [1.807, 2.05) is 6.92 Å². The second-order valence-corrected chi connectivity index (χ2v) is 5.57. The minimum Gasteiger partial charge on any atom is -0.380 e. The van der Waals surface area contributed by atoms with Crippen LogP contribution in [0.3, 0.4) is 0 Å². The molecule has 17 heavy (non-hydrogen) atoms. The lowest BCUT2D eigenvalue weighted by molar-refractivity contribution is -0.128. The molecule has 0 heterocycles. The number of hydrogen-bond acceptors (Lipinski definition) is 3. The Balaban J connectivity index is 2.39. The number of ether oxygens (including phenoxy) is 1. The normalized spacial score (nSPS) is 23.6. The monoisotopic (exact) mass is 241 g/mol. The lowest BCUT2D eigenvalue weighted by Gasteiger charge is -2.24. The number of rotatable bonds is 7. The molecule has 1 rings (SSSR count). The van der Waals surface area contributed by atoms with Crippen molar-refractivity contribution >= 4 is 5.78 Å². The first-order valence-corrected chi connectivity index (χ1v) is 6.85. The van der Waals surface area contributed by atoms with E-state index in [-0.39, 0.29) is 11.3 Å². The molecule has 1 aliphatic carbocycles. The first kappa shape index (κ1) is 14.7. The molecular formula is C14H27NO2. The van der Waals surface area contributed by atoms with Crippen LogP contribution in [0.1, 0.15) is 40.5 Å². The van der Waals surface area contributed by atoms with E-state index in [4.69, 9.17) is 4.74 Å². The van der Waals surface area contributed by atoms with Crippen LogP contribution >= 0.6 is 0 Å². The van der Waals surface area contributed by atoms with Crippen molar-refractivity contribution in [3.63, 3.8) is 0 Å². The second kappa shape index (κ2) is 6.50. The molecule has 0 spiro atoms. The molecule has 1 aliphatic rings. The SMILES string of the molecule is CCOCCN(CC)CC1CCC(C)(C)C1=O. The number of hydrogen-bond donors (Lipinski definition) is 0. The molecule has 1 unspecified atom stereocenters. The molecule has 0 aromatic rings. The van der Waals surface area contributed by atoms with Gasteiger partial charge in [-0.25, -0.2) is 0 Å². The summed E-state index contributed by atoms with van der Waals surface area (Å²) in [6, 6.07) is 0. The van der Waals surface area contributed by atoms with Gasteiger partial charge >= 0.3 is 0 Å². The van der Waals surface area contributed by atoms with Crippen LogP contribution in [-0.2, 0) is 9.53 Å². The molecule has 0 aromatic carbocycles. The van der Waals surface area contributed by atoms with Crippen molar-refractivity contribution in [2.75, 3.05) is 32.8 Å². The largest absolute Gasteiger partial charge is 0.380 e. The highest BCUT2D eigenvalue weighted by Gasteiger charge is 2.40. The predicted molar refractivity (Wildman–Crippen MR) is 70.1 cm³/mol. The van der Waals surface area contributed by atoms with E-state index in [1.165, 1.54) is 0 Å². The number of carbonyl (C=O) groups is 1. The molecule has 0 aromatic heterocycles. The summed E-state index contributed by atoms with van der Waals surface area (Å²) in [5.74, 6) is 0.693. The van der Waals surface area contributed by atoms with Gasteiger partial charge in [0.2, 0.25) is 0 Å². The van der Waals surface area contributed by atoms with Crippen LogP contribution in [0.15, 0.2) is 0 Å². The Morgan fingerprint density at radius 3 is 2.59 bits per heavy atom. The zero-order chi connectivity index (χ0) is 12.9. The van der Waals surface area contributed by atoms with Gasteiger partial charge in [-0.3, -0.25) is 4.79 Å². The molecule has 0 amide bonds. The maximum Gasteiger partial charge on any atom is 0.142 e. The number of ketones is 1. The van der Waals surface area contributed by atoms with E-state index in [1.54, 1.807) is 0 Å². The van der Waals surface area contributed by atoms with Crippen molar-refractivity contribution in [1.82, 2.24) is 4.90 Å². The van der Waals surface area contributed by atoms with Crippen LogP contribution in [-0.4, -0.2) is 43.5 Å². The van der Waals surface area contributed by atoms with E-state index in [0.29, 0.717) is 5.78 Å². The first-order chi connectivity index (χ1) is 8.01. The minimum absolute atomic E-state index is 0.0933. The molecule has 3 heteroatoms. The zero-order valence-electron chi connectivity index (χ0n) is 11.8. The van der Waals surface area contributed by atoms with E-state index >= 15 is 0 Å². The minimum atomic E-state index is -0.0933. The molecule has 0 N–H and O–H groups in total. The van der Waals surface area contributed by atoms with Crippen LogP contribution in [0.25, 0.3) is 0 Å². The highest BCUT2D eigenvalue weighted by molar-refractivity contribution is 5.88. The van der Waals surface area contributed by atoms with E-state index in [2.05, 4.69) is 25.7 Å². The van der Waals surface area contributed by atoms with E-state index in [0.717, 1.165) is 45.7 Å². The van der Waals surface area contributed by atoms with Crippen molar-refractivity contribution < 1.29 is 9.53 Å². The number of nitrogens with zero attached hydrogens (tertiary/aromatic N) is 1. The quantitative estimate of drug-likeness (QED) is 0.641. The van der Waals surface area contributed by atoms with Gasteiger partial charge in [0.05, 0.1) is 6.61 Å². The fraction of sp³-hybridized carbons (Fsp3) is 0.929. The Labute approximate surface area is 106 Å². The first-order valence-electron chi connectivity index (χ1n) is 6.85. The summed E-state index contributed by atoms with van der Waals surface area (Å²) in [7, 11) is 0. The number of carbonyl (C=O) groups excluding carboxylic acids is 1. The number of likely N-dealkylation sites (N-methyl/N-ethyl adjacent to an activating group) is 1. The second-order valence-electron chi connectivity index (χ2n) is 5.57. The van der Waals surface area contributed by atoms with Crippen molar-refractivity contribution in [3.8, 4) is 0 Å². The zero-order valence-corrected chi connectivity index (χ0v) is 11.8. The third kappa shape index (κ3) is 4.07. The smallest absolute Gasteiger partial charge is 0.142 e. The van der Waals surface area contributed by atoms with Gasteiger partial charge in [-0.05, 0) is 26.3 Å². The summed E-state index contributed by atoms with van der Waals surface area (Å²) in [5, 5.41) is 0. The highest BCUT2D eigenvalue weighted by atomic mass is 16.5. The fourth-order valence-corrected chi connectivity index (χ4v) is 2.54. The van der Waals surface area contributed by atoms with E-state index in [9.17, 15) is 4.79 Å². The Hall–Kier alpha value is -0.410. The van der Waals surface area contributed by atoms with Crippen molar-refractivity contribution in [2.45, 2.75) is 40.5 Å². The van der Waals surface area contributed by atoms with Crippen molar-refractivity contribution in [3.05, 3.63) is 0 Å². The summed E-state index contributed by atoms with van der Waals surface area (Å²) in [6.07, 6.45) is 2.09. The summed E-state index contributed by atoms with van der Waals surface area (Å²) in [4.78, 5) is 14.5. The Kier molecular flexibility index (Phi) is 5.60. The topological polar surface area (TPSA) is 29.5 Å². The van der Waals surface area contributed by atoms with E-state index < -0.39 is 0 Å². The van der Waals surface area contributed by atoms with Gasteiger partial charge in [-0.1, -0.05) is 20.8 Å². The van der Waals surface area contributed by atoms with Crippen LogP contribution in [0.5, 0.6) is 0 Å². The molecule has 1 saturated carbocycles. The molecule has 3 nitrogen and oxygen atoms in total. The van der Waals surface area contributed by atoms with Gasteiger partial charge in [0.25, 0.3) is 0 Å². The summed E-state index contributed by atoms with van der Waals surface area (Å²) < 4.78 is 5.37. The van der Waals surface area contributed by atoms with Gasteiger partial charge in [0.1, 0.15) is 5.78 Å². The van der Waals surface area contributed by atoms with Crippen LogP contribution in [0.4, 0.5) is 0 Å². The third-order valence-electron chi connectivity index (χ3n) is 3.84. The van der Waals surface area contributed by atoms with Gasteiger partial charge in [0.15, 0.2) is 0 Å². The highest BCUT2D eigenvalue weighted by Crippen LogP contribution is 2.37. The van der Waals surface area contributed by atoms with Crippen LogP contribution in [0, 0.1) is 11.3 Å². The summed E-state index contributed by atoms with van der Waals surface area (Å²) in [5.41, 5.74) is -0.0933. The predicted octanol–water partition coefficient (Wildman–Crippen LogP) is 2.35. The molecule has 0 radical (unpaired) electrons. The molecule has 1 fully saturated rings. The molecule has 100 valence electrons. The standard InChI is InChI=1S/C14H27NO2/c1-5-15(9-10-17-6-2)11-12-7-8-14(3,4)13(12)16/h12H,5-11H2,1-4H3. The van der Waals surface area contributed by atoms with Gasteiger partial charge in [-0.2, -0.15) is 0 Å². The lowest BCUT2D eigenvalue weighted by atomic mass is 9.89. The summed E-state index contributed by atoms with van der Waals surface area (Å²) in [6.45, 7) is 12.7. The van der Waals surface area contributed by atoms with Crippen molar-refractivity contribution in [1.29, 1.82) is 0 Å². The fourth-order valence-electron chi connectivity index (χ4n) is 2.54. The molecular weight excluding hydrogens is 214 g/mol. The Morgan fingerprint density at radius 2 is 2.12 bits per heavy atom. The third-order valence-corrected chi connectivity index (χ3v) is 3.84. The molecule has 0 bridgehead atoms. The molecule has 0 aliphatic heterocycles. The number of Topliss-reactive ketones (excluding diaryl/α,β-unsaturated/α-hetero) is 1. The average molecular weight is 241 g/mol. The Morgan fingerprint density at radius 1 is 1.41 bits per heavy atom. The van der Waals surface area contributed by atoms with Crippen LogP contribution < -0.4 is 0 Å². The Bertz CT molecular complexity index is 251. The van der Waals surface area contributed by atoms with Crippen LogP contribution in [0.2, 0.25) is 0 Å². The molecule has 1 atom stereocenters. The van der Waals surface area contributed by atoms with Gasteiger partial charge < -0.3 is 9.64 Å². The summed E-state index contributed by atoms with van der Waals surface area (Å²) >= 11 is 0. The lowest BCUT2D eigenvalue weighted by Crippen LogP contribution is -2.35. The average Bonchev–Trinajstić information content (AvgIpc) is 2.55. The van der Waals surface area contributed by atoms with Gasteiger partial charge in [0, 0.05) is 31.0 Å². The maximum absolute atomic E-state index is 12.2. The maximum atomic E-state index is 12.2. The van der Waals surface area contributed by atoms with Gasteiger partial charge in [-0.15, -0.1) is 0 Å². The van der Waals surface area contributed by atoms with Crippen molar-refractivity contribution in [2.24, 2.45) is 11.3 Å². The molecule has 0 saturated heterocycles.